The maximum Gasteiger partial charge on any atom is 0.225 e. The van der Waals surface area contributed by atoms with Crippen molar-refractivity contribution in [1.82, 2.24) is 9.88 Å². The van der Waals surface area contributed by atoms with Crippen molar-refractivity contribution >= 4 is 22.4 Å². The number of fused-ring (bicyclic) bond motifs is 1. The minimum atomic E-state index is 0.0333. The summed E-state index contributed by atoms with van der Waals surface area (Å²) >= 11 is 1.53. The quantitative estimate of drug-likeness (QED) is 0.853. The minimum absolute atomic E-state index is 0.0333. The normalized spacial score (nSPS) is 14.6. The molecule has 0 fully saturated rings. The van der Waals surface area contributed by atoms with E-state index in [1.54, 1.807) is 11.8 Å². The molecule has 0 radical (unpaired) electrons. The van der Waals surface area contributed by atoms with Crippen LogP contribution < -0.4 is 9.64 Å². The number of nitrogens with zero attached hydrogens (tertiary/aromatic N) is 3. The molecule has 0 saturated carbocycles. The zero-order chi connectivity index (χ0) is 17.1. The summed E-state index contributed by atoms with van der Waals surface area (Å²) in [5.74, 6) is 1.02. The Morgan fingerprint density at radius 1 is 1.46 bits per heavy atom. The second-order valence-electron chi connectivity index (χ2n) is 6.05. The highest BCUT2D eigenvalue weighted by molar-refractivity contribution is 7.14. The zero-order valence-corrected chi connectivity index (χ0v) is 15.2. The number of benzene rings is 1. The Hall–Kier alpha value is -1.92. The van der Waals surface area contributed by atoms with Gasteiger partial charge in [0.05, 0.1) is 5.69 Å². The average molecular weight is 345 g/mol. The standard InChI is InChI=1S/C18H23N3O2S/c1-4-21(14(3)22)18-19-16(12-24-18)11-20-7-8-23-17-6-5-13(2)9-15(17)10-20/h5-6,9,12H,4,7-8,10-11H2,1-3H3. The number of rotatable bonds is 4. The molecule has 2 aromatic rings. The summed E-state index contributed by atoms with van der Waals surface area (Å²) in [5, 5.41) is 2.83. The Bertz CT molecular complexity index is 729. The van der Waals surface area contributed by atoms with Crippen molar-refractivity contribution < 1.29 is 9.53 Å². The highest BCUT2D eigenvalue weighted by atomic mass is 32.1. The van der Waals surface area contributed by atoms with E-state index in [0.717, 1.165) is 36.2 Å². The summed E-state index contributed by atoms with van der Waals surface area (Å²) in [4.78, 5) is 20.3. The van der Waals surface area contributed by atoms with Crippen molar-refractivity contribution in [2.75, 3.05) is 24.6 Å². The lowest BCUT2D eigenvalue weighted by atomic mass is 10.1. The van der Waals surface area contributed by atoms with Crippen molar-refractivity contribution in [1.29, 1.82) is 0 Å². The summed E-state index contributed by atoms with van der Waals surface area (Å²) in [5.41, 5.74) is 3.47. The molecule has 0 unspecified atom stereocenters. The van der Waals surface area contributed by atoms with Gasteiger partial charge in [0, 0.05) is 44.0 Å². The number of anilines is 1. The molecule has 0 spiro atoms. The second-order valence-corrected chi connectivity index (χ2v) is 6.89. The van der Waals surface area contributed by atoms with Crippen molar-refractivity contribution in [2.45, 2.75) is 33.9 Å². The Morgan fingerprint density at radius 2 is 2.29 bits per heavy atom. The smallest absolute Gasteiger partial charge is 0.225 e. The van der Waals surface area contributed by atoms with Gasteiger partial charge in [0.2, 0.25) is 5.91 Å². The first kappa shape index (κ1) is 16.9. The predicted octanol–water partition coefficient (Wildman–Crippen LogP) is 3.22. The van der Waals surface area contributed by atoms with Crippen LogP contribution in [0.15, 0.2) is 23.6 Å². The molecule has 1 amide bonds. The van der Waals surface area contributed by atoms with Crippen LogP contribution in [0.4, 0.5) is 5.13 Å². The maximum absolute atomic E-state index is 11.7. The zero-order valence-electron chi connectivity index (χ0n) is 14.4. The molecule has 0 atom stereocenters. The molecule has 0 N–H and O–H groups in total. The van der Waals surface area contributed by atoms with E-state index in [0.29, 0.717) is 13.2 Å². The SMILES string of the molecule is CCN(C(C)=O)c1nc(CN2CCOc3ccc(C)cc3C2)cs1. The molecule has 0 bridgehead atoms. The van der Waals surface area contributed by atoms with Gasteiger partial charge >= 0.3 is 0 Å². The van der Waals surface area contributed by atoms with Crippen molar-refractivity contribution in [3.63, 3.8) is 0 Å². The lowest BCUT2D eigenvalue weighted by molar-refractivity contribution is -0.116. The number of hydrogen-bond donors (Lipinski definition) is 0. The van der Waals surface area contributed by atoms with E-state index >= 15 is 0 Å². The number of thiazole rings is 1. The summed E-state index contributed by atoms with van der Waals surface area (Å²) in [6, 6.07) is 6.33. The van der Waals surface area contributed by atoms with Gasteiger partial charge in [-0.05, 0) is 19.9 Å². The first-order valence-corrected chi connectivity index (χ1v) is 9.12. The van der Waals surface area contributed by atoms with E-state index in [9.17, 15) is 4.79 Å². The first-order valence-electron chi connectivity index (χ1n) is 8.24. The molecule has 1 aliphatic heterocycles. The molecule has 1 aliphatic rings. The van der Waals surface area contributed by atoms with E-state index in [2.05, 4.69) is 35.0 Å². The van der Waals surface area contributed by atoms with Crippen LogP contribution in [0.2, 0.25) is 0 Å². The van der Waals surface area contributed by atoms with E-state index in [1.165, 1.54) is 22.5 Å². The molecular formula is C18H23N3O2S. The van der Waals surface area contributed by atoms with Crippen LogP contribution in [0.25, 0.3) is 0 Å². The largest absolute Gasteiger partial charge is 0.492 e. The van der Waals surface area contributed by atoms with Crippen molar-refractivity contribution in [2.24, 2.45) is 0 Å². The van der Waals surface area contributed by atoms with E-state index in [4.69, 9.17) is 4.74 Å². The topological polar surface area (TPSA) is 45.7 Å². The molecule has 1 aromatic carbocycles. The minimum Gasteiger partial charge on any atom is -0.492 e. The van der Waals surface area contributed by atoms with E-state index in [-0.39, 0.29) is 5.91 Å². The number of ether oxygens (including phenoxy) is 1. The lowest BCUT2D eigenvalue weighted by Gasteiger charge is -2.18. The Morgan fingerprint density at radius 3 is 3.04 bits per heavy atom. The van der Waals surface area contributed by atoms with Crippen LogP contribution in [0.5, 0.6) is 5.75 Å². The molecular weight excluding hydrogens is 322 g/mol. The van der Waals surface area contributed by atoms with Gasteiger partial charge in [0.1, 0.15) is 12.4 Å². The van der Waals surface area contributed by atoms with Crippen LogP contribution in [-0.4, -0.2) is 35.5 Å². The monoisotopic (exact) mass is 345 g/mol. The molecule has 128 valence electrons. The summed E-state index contributed by atoms with van der Waals surface area (Å²) in [6.45, 7) is 9.46. The van der Waals surface area contributed by atoms with Gasteiger partial charge in [0.25, 0.3) is 0 Å². The van der Waals surface area contributed by atoms with Gasteiger partial charge in [-0.2, -0.15) is 0 Å². The fourth-order valence-electron chi connectivity index (χ4n) is 2.93. The van der Waals surface area contributed by atoms with Gasteiger partial charge in [0.15, 0.2) is 5.13 Å². The van der Waals surface area contributed by atoms with Gasteiger partial charge < -0.3 is 4.74 Å². The molecule has 24 heavy (non-hydrogen) atoms. The highest BCUT2D eigenvalue weighted by Crippen LogP contribution is 2.26. The van der Waals surface area contributed by atoms with Crippen LogP contribution in [0.3, 0.4) is 0 Å². The van der Waals surface area contributed by atoms with Crippen LogP contribution in [-0.2, 0) is 17.9 Å². The van der Waals surface area contributed by atoms with Crippen LogP contribution in [0.1, 0.15) is 30.7 Å². The van der Waals surface area contributed by atoms with Gasteiger partial charge in [-0.3, -0.25) is 14.6 Å². The van der Waals surface area contributed by atoms with E-state index < -0.39 is 0 Å². The van der Waals surface area contributed by atoms with Crippen LogP contribution >= 0.6 is 11.3 Å². The van der Waals surface area contributed by atoms with Crippen molar-refractivity contribution in [3.05, 3.63) is 40.4 Å². The Labute approximate surface area is 146 Å². The third-order valence-corrected chi connectivity index (χ3v) is 5.04. The van der Waals surface area contributed by atoms with Crippen molar-refractivity contribution in [3.8, 4) is 5.75 Å². The molecule has 2 heterocycles. The molecule has 5 nitrogen and oxygen atoms in total. The molecule has 3 rings (SSSR count). The number of carbonyl (C=O) groups excluding carboxylic acids is 1. The van der Waals surface area contributed by atoms with Gasteiger partial charge in [-0.15, -0.1) is 11.3 Å². The summed E-state index contributed by atoms with van der Waals surface area (Å²) in [6.07, 6.45) is 0. The number of amides is 1. The lowest BCUT2D eigenvalue weighted by Crippen LogP contribution is -2.28. The van der Waals surface area contributed by atoms with E-state index in [1.807, 2.05) is 12.3 Å². The summed E-state index contributed by atoms with van der Waals surface area (Å²) in [7, 11) is 0. The predicted molar refractivity (Wildman–Crippen MR) is 96.6 cm³/mol. The Balaban J connectivity index is 1.72. The fourth-order valence-corrected chi connectivity index (χ4v) is 3.85. The second kappa shape index (κ2) is 7.32. The average Bonchev–Trinajstić information content (AvgIpc) is 2.88. The van der Waals surface area contributed by atoms with Gasteiger partial charge in [-0.1, -0.05) is 17.7 Å². The van der Waals surface area contributed by atoms with Crippen LogP contribution in [0, 0.1) is 6.92 Å². The summed E-state index contributed by atoms with van der Waals surface area (Å²) < 4.78 is 5.85. The fraction of sp³-hybridized carbons (Fsp3) is 0.444. The van der Waals surface area contributed by atoms with Gasteiger partial charge in [-0.25, -0.2) is 4.98 Å². The Kier molecular flexibility index (Phi) is 5.16. The molecule has 1 aromatic heterocycles. The number of aromatic nitrogens is 1. The highest BCUT2D eigenvalue weighted by Gasteiger charge is 2.18. The number of aryl methyl sites for hydroxylation is 1. The first-order chi connectivity index (χ1) is 11.6. The maximum atomic E-state index is 11.7. The molecule has 0 saturated heterocycles. The third kappa shape index (κ3) is 3.76. The third-order valence-electron chi connectivity index (χ3n) is 4.13. The number of carbonyl (C=O) groups is 1. The number of hydrogen-bond acceptors (Lipinski definition) is 5. The molecule has 6 heteroatoms. The molecule has 0 aliphatic carbocycles.